The Morgan fingerprint density at radius 2 is 1.67 bits per heavy atom. The van der Waals surface area contributed by atoms with Crippen LogP contribution in [-0.4, -0.2) is 47.3 Å². The Labute approximate surface area is 163 Å². The molecule has 0 bridgehead atoms. The molecule has 0 radical (unpaired) electrons. The van der Waals surface area contributed by atoms with Crippen LogP contribution in [0, 0.1) is 0 Å². The summed E-state index contributed by atoms with van der Waals surface area (Å²) in [5.41, 5.74) is 0.440. The van der Waals surface area contributed by atoms with Gasteiger partial charge in [-0.3, -0.25) is 9.59 Å². The van der Waals surface area contributed by atoms with Crippen molar-refractivity contribution in [3.05, 3.63) is 46.1 Å². The molecule has 3 rings (SSSR count). The van der Waals surface area contributed by atoms with Gasteiger partial charge >= 0.3 is 6.09 Å². The number of fused-ring (bicyclic) bond motifs is 1. The molecule has 1 aromatic rings. The van der Waals surface area contributed by atoms with Gasteiger partial charge in [0.1, 0.15) is 16.3 Å². The first-order valence-electron chi connectivity index (χ1n) is 9.00. The van der Waals surface area contributed by atoms with Gasteiger partial charge in [0.15, 0.2) is 0 Å². The van der Waals surface area contributed by atoms with E-state index >= 15 is 0 Å². The zero-order valence-corrected chi connectivity index (χ0v) is 16.4. The van der Waals surface area contributed by atoms with E-state index in [0.717, 1.165) is 0 Å². The van der Waals surface area contributed by atoms with Crippen LogP contribution in [0.25, 0.3) is 0 Å². The lowest BCUT2D eigenvalue weighted by Crippen LogP contribution is -2.47. The number of likely N-dealkylation sites (tertiary alicyclic amines) is 1. The number of benzene rings is 1. The molecule has 1 aliphatic carbocycles. The minimum Gasteiger partial charge on any atom is -0.444 e. The van der Waals surface area contributed by atoms with Crippen molar-refractivity contribution < 1.29 is 19.1 Å². The lowest BCUT2D eigenvalue weighted by molar-refractivity contribution is 0.0482. The van der Waals surface area contributed by atoms with Crippen molar-refractivity contribution in [1.29, 1.82) is 0 Å². The molecule has 6 nitrogen and oxygen atoms in total. The third-order valence-electron chi connectivity index (χ3n) is 4.57. The first-order chi connectivity index (χ1) is 12.7. The monoisotopic (exact) mass is 390 g/mol. The van der Waals surface area contributed by atoms with Gasteiger partial charge in [0.05, 0.1) is 0 Å². The van der Waals surface area contributed by atoms with E-state index in [1.807, 2.05) is 25.7 Å². The molecule has 1 fully saturated rings. The Morgan fingerprint density at radius 1 is 1.11 bits per heavy atom. The highest BCUT2D eigenvalue weighted by Crippen LogP contribution is 2.31. The Bertz CT molecular complexity index is 818. The maximum absolute atomic E-state index is 12.9. The van der Waals surface area contributed by atoms with E-state index in [1.54, 1.807) is 24.3 Å². The first kappa shape index (κ1) is 19.4. The summed E-state index contributed by atoms with van der Waals surface area (Å²) in [6, 6.07) is 6.67. The molecule has 0 spiro atoms. The van der Waals surface area contributed by atoms with E-state index < -0.39 is 11.7 Å². The van der Waals surface area contributed by atoms with E-state index in [2.05, 4.69) is 5.32 Å². The van der Waals surface area contributed by atoms with Crippen molar-refractivity contribution >= 4 is 29.3 Å². The third-order valence-corrected chi connectivity index (χ3v) is 4.92. The molecular weight excluding hydrogens is 368 g/mol. The van der Waals surface area contributed by atoms with Crippen molar-refractivity contribution in [3.8, 4) is 0 Å². The minimum absolute atomic E-state index is 0.0303. The molecule has 2 aliphatic rings. The summed E-state index contributed by atoms with van der Waals surface area (Å²) < 4.78 is 5.28. The van der Waals surface area contributed by atoms with E-state index in [9.17, 15) is 14.4 Å². The number of carbonyl (C=O) groups excluding carboxylic acids is 3. The minimum atomic E-state index is -0.550. The Kier molecular flexibility index (Phi) is 5.29. The summed E-state index contributed by atoms with van der Waals surface area (Å²) in [5.74, 6) is -0.551. The number of Topliss-reactive ketones (excluding diaryl/α,β-unsaturated/α-hetero) is 2. The molecule has 1 amide bonds. The van der Waals surface area contributed by atoms with Crippen LogP contribution < -0.4 is 5.32 Å². The maximum atomic E-state index is 12.9. The molecule has 1 N–H and O–H groups in total. The lowest BCUT2D eigenvalue weighted by atomic mass is 9.91. The second kappa shape index (κ2) is 7.35. The molecule has 27 heavy (non-hydrogen) atoms. The van der Waals surface area contributed by atoms with Gasteiger partial charge in [0, 0.05) is 30.3 Å². The van der Waals surface area contributed by atoms with Crippen molar-refractivity contribution in [2.24, 2.45) is 0 Å². The van der Waals surface area contributed by atoms with Gasteiger partial charge in [-0.1, -0.05) is 35.9 Å². The number of rotatable bonds is 2. The van der Waals surface area contributed by atoms with Gasteiger partial charge < -0.3 is 15.0 Å². The van der Waals surface area contributed by atoms with Crippen LogP contribution in [0.2, 0.25) is 0 Å². The zero-order chi connectivity index (χ0) is 19.8. The van der Waals surface area contributed by atoms with Crippen LogP contribution in [0.3, 0.4) is 0 Å². The topological polar surface area (TPSA) is 75.7 Å². The normalized spacial score (nSPS) is 18.4. The van der Waals surface area contributed by atoms with Crippen LogP contribution in [0.15, 0.2) is 35.0 Å². The number of carbonyl (C=O) groups is 3. The lowest BCUT2D eigenvalue weighted by Gasteiger charge is -2.36. The highest BCUT2D eigenvalue weighted by atomic mass is 35.5. The highest BCUT2D eigenvalue weighted by molar-refractivity contribution is 6.49. The van der Waals surface area contributed by atoms with Crippen LogP contribution in [0.4, 0.5) is 4.79 Å². The molecule has 1 heterocycles. The Balaban J connectivity index is 1.68. The van der Waals surface area contributed by atoms with Crippen molar-refractivity contribution in [2.45, 2.75) is 45.3 Å². The molecule has 1 saturated heterocycles. The second-order valence-electron chi connectivity index (χ2n) is 7.77. The summed E-state index contributed by atoms with van der Waals surface area (Å²) in [4.78, 5) is 39.1. The van der Waals surface area contributed by atoms with Crippen LogP contribution in [0.5, 0.6) is 0 Å². The zero-order valence-electron chi connectivity index (χ0n) is 15.7. The molecule has 0 aromatic heterocycles. The predicted molar refractivity (Wildman–Crippen MR) is 102 cm³/mol. The van der Waals surface area contributed by atoms with Crippen LogP contribution in [0.1, 0.15) is 54.3 Å². The molecule has 144 valence electrons. The molecule has 1 aromatic carbocycles. The highest BCUT2D eigenvalue weighted by Gasteiger charge is 2.35. The number of alkyl carbamates (subject to hydrolysis) is 1. The van der Waals surface area contributed by atoms with E-state index in [-0.39, 0.29) is 28.3 Å². The summed E-state index contributed by atoms with van der Waals surface area (Å²) in [7, 11) is 0. The molecule has 0 saturated carbocycles. The number of hydrogen-bond acceptors (Lipinski definition) is 5. The fourth-order valence-electron chi connectivity index (χ4n) is 3.34. The van der Waals surface area contributed by atoms with Crippen molar-refractivity contribution in [2.75, 3.05) is 13.1 Å². The van der Waals surface area contributed by atoms with Gasteiger partial charge in [-0.2, -0.15) is 0 Å². The van der Waals surface area contributed by atoms with Crippen molar-refractivity contribution in [1.82, 2.24) is 10.2 Å². The van der Waals surface area contributed by atoms with Crippen molar-refractivity contribution in [3.63, 3.8) is 0 Å². The van der Waals surface area contributed by atoms with Gasteiger partial charge in [0.2, 0.25) is 11.6 Å². The number of piperidine rings is 1. The van der Waals surface area contributed by atoms with Gasteiger partial charge in [-0.25, -0.2) is 4.79 Å². The number of allylic oxidation sites excluding steroid dienone is 2. The summed E-state index contributed by atoms with van der Waals surface area (Å²) in [6.45, 7) is 6.48. The Morgan fingerprint density at radius 3 is 2.22 bits per heavy atom. The van der Waals surface area contributed by atoms with Gasteiger partial charge in [-0.15, -0.1) is 0 Å². The fraction of sp³-hybridized carbons (Fsp3) is 0.450. The average molecular weight is 391 g/mol. The number of ether oxygens (including phenoxy) is 1. The predicted octanol–water partition coefficient (Wildman–Crippen LogP) is 3.51. The van der Waals surface area contributed by atoms with E-state index in [4.69, 9.17) is 16.3 Å². The summed E-state index contributed by atoms with van der Waals surface area (Å²) >= 11 is 6.26. The number of ketones is 2. The maximum Gasteiger partial charge on any atom is 0.407 e. The number of amides is 1. The van der Waals surface area contributed by atoms with Gasteiger partial charge in [0.25, 0.3) is 0 Å². The van der Waals surface area contributed by atoms with Crippen LogP contribution in [-0.2, 0) is 4.74 Å². The smallest absolute Gasteiger partial charge is 0.407 e. The summed E-state index contributed by atoms with van der Waals surface area (Å²) in [5, 5.41) is 2.83. The number of halogens is 1. The third kappa shape index (κ3) is 4.16. The van der Waals surface area contributed by atoms with E-state index in [1.165, 1.54) is 0 Å². The number of hydrogen-bond donors (Lipinski definition) is 1. The van der Waals surface area contributed by atoms with E-state index in [0.29, 0.717) is 37.1 Å². The van der Waals surface area contributed by atoms with Gasteiger partial charge in [-0.05, 0) is 33.6 Å². The quantitative estimate of drug-likeness (QED) is 0.836. The molecule has 7 heteroatoms. The number of nitrogens with zero attached hydrogens (tertiary/aromatic N) is 1. The second-order valence-corrected chi connectivity index (χ2v) is 8.15. The fourth-order valence-corrected chi connectivity index (χ4v) is 3.64. The first-order valence-corrected chi connectivity index (χ1v) is 9.38. The standard InChI is InChI=1S/C20H23ClN2O4/c1-20(2,3)27-19(26)22-12-8-10-23(11-9-12)16-15(21)17(24)13-6-4-5-7-14(13)18(16)25/h4-7,12H,8-11H2,1-3H3,(H,22,26). The SMILES string of the molecule is CC(C)(C)OC(=O)NC1CCN(C2=C(Cl)C(=O)c3ccccc3C2=O)CC1. The molecule has 0 unspecified atom stereocenters. The summed E-state index contributed by atoms with van der Waals surface area (Å²) in [6.07, 6.45) is 0.822. The average Bonchev–Trinajstić information content (AvgIpc) is 2.60. The molecule has 1 aliphatic heterocycles. The molecular formula is C20H23ClN2O4. The molecule has 0 atom stereocenters. The Hall–Kier alpha value is -2.34. The number of nitrogens with one attached hydrogen (secondary N) is 1. The largest absolute Gasteiger partial charge is 0.444 e. The van der Waals surface area contributed by atoms with Crippen LogP contribution >= 0.6 is 11.6 Å².